The summed E-state index contributed by atoms with van der Waals surface area (Å²) in [7, 11) is -7.63. The lowest BCUT2D eigenvalue weighted by Gasteiger charge is -2.12. The highest BCUT2D eigenvalue weighted by Crippen LogP contribution is 2.29. The monoisotopic (exact) mass is 572 g/mol. The molecule has 0 spiro atoms. The predicted molar refractivity (Wildman–Crippen MR) is 158 cm³/mol. The third-order valence-electron chi connectivity index (χ3n) is 6.39. The van der Waals surface area contributed by atoms with Gasteiger partial charge in [-0.3, -0.25) is 9.44 Å². The van der Waals surface area contributed by atoms with Crippen LogP contribution in [0.25, 0.3) is 16.9 Å². The van der Waals surface area contributed by atoms with Crippen molar-refractivity contribution in [1.29, 1.82) is 0 Å². The summed E-state index contributed by atoms with van der Waals surface area (Å²) in [5.41, 5.74) is 5.14. The average molecular weight is 573 g/mol. The van der Waals surface area contributed by atoms with Crippen LogP contribution in [0.15, 0.2) is 113 Å². The molecule has 0 amide bonds. The van der Waals surface area contributed by atoms with Crippen molar-refractivity contribution in [3.05, 3.63) is 120 Å². The highest BCUT2D eigenvalue weighted by atomic mass is 32.2. The minimum absolute atomic E-state index is 0.141. The van der Waals surface area contributed by atoms with Crippen molar-refractivity contribution >= 4 is 31.6 Å². The Morgan fingerprint density at radius 2 is 1.15 bits per heavy atom. The molecule has 2 N–H and O–H groups in total. The van der Waals surface area contributed by atoms with Gasteiger partial charge in [0.05, 0.1) is 21.2 Å². The first kappa shape index (κ1) is 27.2. The number of nitrogens with zero attached hydrogens (tertiary/aromatic N) is 2. The van der Waals surface area contributed by atoms with Crippen molar-refractivity contribution < 1.29 is 16.8 Å². The third-order valence-corrected chi connectivity index (χ3v) is 9.16. The van der Waals surface area contributed by atoms with Gasteiger partial charge in [0.1, 0.15) is 5.82 Å². The third kappa shape index (κ3) is 5.78. The zero-order valence-corrected chi connectivity index (χ0v) is 23.8. The summed E-state index contributed by atoms with van der Waals surface area (Å²) in [6.45, 7) is 5.70. The van der Waals surface area contributed by atoms with Crippen LogP contribution in [0.2, 0.25) is 0 Å². The van der Waals surface area contributed by atoms with Crippen LogP contribution in [0.4, 0.5) is 11.5 Å². The Labute approximate surface area is 234 Å². The van der Waals surface area contributed by atoms with Gasteiger partial charge < -0.3 is 0 Å². The van der Waals surface area contributed by atoms with Crippen LogP contribution in [-0.2, 0) is 20.0 Å². The summed E-state index contributed by atoms with van der Waals surface area (Å²) in [6.07, 6.45) is 0. The van der Waals surface area contributed by atoms with Crippen molar-refractivity contribution in [1.82, 2.24) is 9.78 Å². The number of aryl methyl sites for hydroxylation is 3. The van der Waals surface area contributed by atoms with E-state index in [1.807, 2.05) is 45.0 Å². The summed E-state index contributed by atoms with van der Waals surface area (Å²) in [5, 5.41) is 4.71. The predicted octanol–water partition coefficient (Wildman–Crippen LogP) is 6.07. The molecule has 8 nitrogen and oxygen atoms in total. The largest absolute Gasteiger partial charge is 0.280 e. The first-order valence-electron chi connectivity index (χ1n) is 12.5. The van der Waals surface area contributed by atoms with Gasteiger partial charge in [-0.25, -0.2) is 21.5 Å². The maximum Gasteiger partial charge on any atom is 0.263 e. The van der Waals surface area contributed by atoms with Gasteiger partial charge in [0.25, 0.3) is 20.0 Å². The highest BCUT2D eigenvalue weighted by Gasteiger charge is 2.20. The van der Waals surface area contributed by atoms with Crippen molar-refractivity contribution in [2.45, 2.75) is 30.6 Å². The molecule has 0 saturated heterocycles. The number of aromatic nitrogens is 2. The van der Waals surface area contributed by atoms with E-state index in [0.717, 1.165) is 22.4 Å². The van der Waals surface area contributed by atoms with Crippen molar-refractivity contribution in [3.8, 4) is 16.9 Å². The molecule has 1 heterocycles. The van der Waals surface area contributed by atoms with Gasteiger partial charge in [0.15, 0.2) is 0 Å². The maximum absolute atomic E-state index is 13.2. The fourth-order valence-corrected chi connectivity index (χ4v) is 6.23. The van der Waals surface area contributed by atoms with Crippen molar-refractivity contribution in [2.75, 3.05) is 9.44 Å². The molecule has 0 aliphatic carbocycles. The molecule has 0 bridgehead atoms. The molecule has 0 aliphatic heterocycles. The van der Waals surface area contributed by atoms with Gasteiger partial charge in [-0.15, -0.1) is 0 Å². The van der Waals surface area contributed by atoms with E-state index in [1.165, 1.54) is 0 Å². The fourth-order valence-electron chi connectivity index (χ4n) is 4.13. The number of nitrogens with one attached hydrogen (secondary N) is 2. The molecule has 5 aromatic rings. The molecule has 40 heavy (non-hydrogen) atoms. The van der Waals surface area contributed by atoms with E-state index in [4.69, 9.17) is 5.10 Å². The van der Waals surface area contributed by atoms with Gasteiger partial charge >= 0.3 is 0 Å². The molecular weight excluding hydrogens is 544 g/mol. The fraction of sp³-hybridized carbons (Fsp3) is 0.100. The lowest BCUT2D eigenvalue weighted by Crippen LogP contribution is -2.16. The number of anilines is 2. The number of sulfonamides is 2. The Kier molecular flexibility index (Phi) is 7.22. The standard InChI is InChI=1S/C30H28N4O4S2/c1-21-8-16-26(17-9-21)39(35,36)32-25-14-12-24(13-15-25)28-20-30(34(31-28)29-7-5-4-6-23(29)3)33-40(37,38)27-18-10-22(2)11-19-27/h4-20,32-33H,1-3H3. The number of benzene rings is 4. The van der Waals surface area contributed by atoms with Crippen LogP contribution >= 0.6 is 0 Å². The Balaban J connectivity index is 1.48. The van der Waals surface area contributed by atoms with Gasteiger partial charge in [-0.1, -0.05) is 65.7 Å². The molecule has 5 rings (SSSR count). The van der Waals surface area contributed by atoms with Crippen molar-refractivity contribution in [3.63, 3.8) is 0 Å². The number of hydrogen-bond donors (Lipinski definition) is 2. The van der Waals surface area contributed by atoms with E-state index in [2.05, 4.69) is 9.44 Å². The number of para-hydroxylation sites is 1. The van der Waals surface area contributed by atoms with E-state index in [0.29, 0.717) is 16.9 Å². The van der Waals surface area contributed by atoms with Crippen LogP contribution in [0, 0.1) is 20.8 Å². The van der Waals surface area contributed by atoms with Crippen LogP contribution in [0.3, 0.4) is 0 Å². The first-order chi connectivity index (χ1) is 19.0. The minimum Gasteiger partial charge on any atom is -0.280 e. The molecule has 204 valence electrons. The molecule has 0 aliphatic rings. The molecule has 1 aromatic heterocycles. The van der Waals surface area contributed by atoms with Crippen LogP contribution < -0.4 is 9.44 Å². The van der Waals surface area contributed by atoms with Crippen LogP contribution in [-0.4, -0.2) is 26.6 Å². The Hall–Kier alpha value is -4.41. The molecule has 0 atom stereocenters. The topological polar surface area (TPSA) is 110 Å². The Morgan fingerprint density at radius 1 is 0.625 bits per heavy atom. The Morgan fingerprint density at radius 3 is 1.70 bits per heavy atom. The lowest BCUT2D eigenvalue weighted by atomic mass is 10.1. The smallest absolute Gasteiger partial charge is 0.263 e. The van der Waals surface area contributed by atoms with Gasteiger partial charge in [-0.2, -0.15) is 5.10 Å². The van der Waals surface area contributed by atoms with Gasteiger partial charge in [0, 0.05) is 17.3 Å². The highest BCUT2D eigenvalue weighted by molar-refractivity contribution is 7.93. The molecule has 0 radical (unpaired) electrons. The molecular formula is C30H28N4O4S2. The second kappa shape index (κ2) is 10.6. The van der Waals surface area contributed by atoms with Crippen molar-refractivity contribution in [2.24, 2.45) is 0 Å². The summed E-state index contributed by atoms with van der Waals surface area (Å²) >= 11 is 0. The molecule has 0 fully saturated rings. The molecule has 4 aromatic carbocycles. The summed E-state index contributed by atoms with van der Waals surface area (Å²) in [6, 6.07) is 29.2. The Bertz CT molecular complexity index is 1880. The van der Waals surface area contributed by atoms with Gasteiger partial charge in [-0.05, 0) is 68.8 Å². The zero-order valence-electron chi connectivity index (χ0n) is 22.2. The van der Waals surface area contributed by atoms with Crippen LogP contribution in [0.5, 0.6) is 0 Å². The summed E-state index contributed by atoms with van der Waals surface area (Å²) in [4.78, 5) is 0.312. The average Bonchev–Trinajstić information content (AvgIpc) is 3.32. The molecule has 0 saturated carbocycles. The normalized spacial score (nSPS) is 11.8. The SMILES string of the molecule is Cc1ccc(S(=O)(=O)Nc2ccc(-c3cc(NS(=O)(=O)c4ccc(C)cc4)n(-c4ccccc4C)n3)cc2)cc1. The summed E-state index contributed by atoms with van der Waals surface area (Å²) < 4.78 is 58.8. The van der Waals surface area contributed by atoms with E-state index in [1.54, 1.807) is 83.5 Å². The maximum atomic E-state index is 13.2. The summed E-state index contributed by atoms with van der Waals surface area (Å²) in [5.74, 6) is 0.272. The quantitative estimate of drug-likeness (QED) is 0.235. The van der Waals surface area contributed by atoms with E-state index in [9.17, 15) is 16.8 Å². The second-order valence-corrected chi connectivity index (χ2v) is 12.9. The molecule has 0 unspecified atom stereocenters. The van der Waals surface area contributed by atoms with E-state index in [-0.39, 0.29) is 15.6 Å². The number of rotatable bonds is 8. The minimum atomic E-state index is -3.89. The van der Waals surface area contributed by atoms with Crippen LogP contribution in [0.1, 0.15) is 16.7 Å². The van der Waals surface area contributed by atoms with Gasteiger partial charge in [0.2, 0.25) is 0 Å². The van der Waals surface area contributed by atoms with E-state index >= 15 is 0 Å². The second-order valence-electron chi connectivity index (χ2n) is 9.53. The molecule has 10 heteroatoms. The lowest BCUT2D eigenvalue weighted by molar-refractivity contribution is 0.599. The zero-order chi connectivity index (χ0) is 28.5. The first-order valence-corrected chi connectivity index (χ1v) is 15.4. The van der Waals surface area contributed by atoms with E-state index < -0.39 is 20.0 Å². The number of hydrogen-bond acceptors (Lipinski definition) is 5.